The second kappa shape index (κ2) is 5.87. The van der Waals surface area contributed by atoms with Crippen molar-refractivity contribution in [3.63, 3.8) is 0 Å². The third-order valence-corrected chi connectivity index (χ3v) is 8.36. The van der Waals surface area contributed by atoms with E-state index in [1.165, 1.54) is 0 Å². The molecular weight excluding hydrogens is 283 g/mol. The van der Waals surface area contributed by atoms with E-state index in [0.29, 0.717) is 0 Å². The van der Waals surface area contributed by atoms with E-state index in [9.17, 15) is 13.2 Å². The van der Waals surface area contributed by atoms with Crippen molar-refractivity contribution in [2.75, 3.05) is 6.61 Å². The molecule has 0 aromatic heterocycles. The summed E-state index contributed by atoms with van der Waals surface area (Å²) in [6.07, 6.45) is 0. The summed E-state index contributed by atoms with van der Waals surface area (Å²) in [4.78, 5) is 0. The Labute approximate surface area is 119 Å². The predicted molar refractivity (Wildman–Crippen MR) is 76.4 cm³/mol. The molecule has 0 fully saturated rings. The van der Waals surface area contributed by atoms with Crippen molar-refractivity contribution < 1.29 is 17.6 Å². The molecule has 0 radical (unpaired) electrons. The predicted octanol–water partition coefficient (Wildman–Crippen LogP) is 4.13. The summed E-state index contributed by atoms with van der Waals surface area (Å²) in [5.74, 6) is -3.95. The summed E-state index contributed by atoms with van der Waals surface area (Å²) >= 11 is 0. The molecule has 1 aromatic rings. The van der Waals surface area contributed by atoms with Crippen LogP contribution < -0.4 is 5.73 Å². The smallest absolute Gasteiger partial charge is 0.194 e. The fourth-order valence-electron chi connectivity index (χ4n) is 1.40. The van der Waals surface area contributed by atoms with Crippen molar-refractivity contribution in [2.24, 2.45) is 5.73 Å². The van der Waals surface area contributed by atoms with Gasteiger partial charge < -0.3 is 10.2 Å². The van der Waals surface area contributed by atoms with Crippen LogP contribution in [0.3, 0.4) is 0 Å². The van der Waals surface area contributed by atoms with Gasteiger partial charge in [-0.25, -0.2) is 13.2 Å². The molecule has 0 aliphatic carbocycles. The van der Waals surface area contributed by atoms with Crippen molar-refractivity contribution >= 4 is 8.32 Å². The second-order valence-electron chi connectivity index (χ2n) is 6.48. The van der Waals surface area contributed by atoms with E-state index < -0.39 is 31.8 Å². The molecule has 0 bridgehead atoms. The highest BCUT2D eigenvalue weighted by Gasteiger charge is 2.37. The molecule has 0 aliphatic rings. The lowest BCUT2D eigenvalue weighted by atomic mass is 10.1. The van der Waals surface area contributed by atoms with Gasteiger partial charge in [-0.2, -0.15) is 0 Å². The van der Waals surface area contributed by atoms with E-state index in [4.69, 9.17) is 10.2 Å². The van der Waals surface area contributed by atoms with Gasteiger partial charge in [-0.05, 0) is 35.8 Å². The first-order valence-electron chi connectivity index (χ1n) is 6.49. The zero-order chi connectivity index (χ0) is 15.7. The number of rotatable bonds is 4. The minimum absolute atomic E-state index is 0.0199. The molecule has 0 amide bonds. The summed E-state index contributed by atoms with van der Waals surface area (Å²) in [5.41, 5.74) is 6.07. The van der Waals surface area contributed by atoms with Crippen LogP contribution in [0, 0.1) is 17.5 Å². The van der Waals surface area contributed by atoms with E-state index in [1.54, 1.807) is 0 Å². The zero-order valence-corrected chi connectivity index (χ0v) is 13.6. The van der Waals surface area contributed by atoms with Crippen molar-refractivity contribution in [3.8, 4) is 0 Å². The van der Waals surface area contributed by atoms with Crippen LogP contribution >= 0.6 is 0 Å². The minimum atomic E-state index is -1.98. The summed E-state index contributed by atoms with van der Waals surface area (Å²) in [6.45, 7) is 10.5. The van der Waals surface area contributed by atoms with Gasteiger partial charge in [-0.3, -0.25) is 0 Å². The van der Waals surface area contributed by atoms with Gasteiger partial charge in [0.1, 0.15) is 0 Å². The van der Waals surface area contributed by atoms with E-state index in [-0.39, 0.29) is 17.2 Å². The number of halogens is 3. The average Bonchev–Trinajstić information content (AvgIpc) is 2.31. The van der Waals surface area contributed by atoms with Crippen LogP contribution in [0.5, 0.6) is 0 Å². The number of hydrogen-bond acceptors (Lipinski definition) is 2. The number of hydrogen-bond donors (Lipinski definition) is 1. The SMILES string of the molecule is CC(C)(C)[Si](C)(C)OCC(N)c1cc(F)c(F)c(F)c1. The molecule has 0 spiro atoms. The Morgan fingerprint density at radius 3 is 2.00 bits per heavy atom. The molecule has 6 heteroatoms. The van der Waals surface area contributed by atoms with Crippen LogP contribution in [-0.2, 0) is 4.43 Å². The third-order valence-electron chi connectivity index (χ3n) is 3.86. The van der Waals surface area contributed by atoms with Crippen molar-refractivity contribution in [1.82, 2.24) is 0 Å². The van der Waals surface area contributed by atoms with Crippen LogP contribution in [0.15, 0.2) is 12.1 Å². The normalized spacial score (nSPS) is 14.4. The Morgan fingerprint density at radius 2 is 1.60 bits per heavy atom. The molecule has 0 heterocycles. The average molecular weight is 305 g/mol. The van der Waals surface area contributed by atoms with E-state index in [0.717, 1.165) is 12.1 Å². The molecule has 0 saturated carbocycles. The van der Waals surface area contributed by atoms with Gasteiger partial charge in [0.2, 0.25) is 0 Å². The van der Waals surface area contributed by atoms with Gasteiger partial charge >= 0.3 is 0 Å². The van der Waals surface area contributed by atoms with Crippen molar-refractivity contribution in [2.45, 2.75) is 44.9 Å². The zero-order valence-electron chi connectivity index (χ0n) is 12.6. The third kappa shape index (κ3) is 3.83. The number of nitrogens with two attached hydrogens (primary N) is 1. The maximum absolute atomic E-state index is 13.2. The van der Waals surface area contributed by atoms with Crippen LogP contribution in [0.1, 0.15) is 32.4 Å². The molecule has 1 atom stereocenters. The molecule has 0 aliphatic heterocycles. The summed E-state index contributed by atoms with van der Waals surface area (Å²) in [6, 6.07) is 1.14. The van der Waals surface area contributed by atoms with E-state index in [2.05, 4.69) is 33.9 Å². The minimum Gasteiger partial charge on any atom is -0.415 e. The Kier molecular flexibility index (Phi) is 5.05. The van der Waals surface area contributed by atoms with Gasteiger partial charge in [0.15, 0.2) is 25.8 Å². The summed E-state index contributed by atoms with van der Waals surface area (Å²) in [5, 5.41) is 0.0199. The molecule has 0 saturated heterocycles. The van der Waals surface area contributed by atoms with Gasteiger partial charge in [-0.1, -0.05) is 20.8 Å². The fourth-order valence-corrected chi connectivity index (χ4v) is 2.43. The largest absolute Gasteiger partial charge is 0.415 e. The molecule has 2 N–H and O–H groups in total. The molecule has 20 heavy (non-hydrogen) atoms. The maximum Gasteiger partial charge on any atom is 0.194 e. The highest BCUT2D eigenvalue weighted by Crippen LogP contribution is 2.37. The van der Waals surface area contributed by atoms with Gasteiger partial charge in [0.05, 0.1) is 12.6 Å². The van der Waals surface area contributed by atoms with Gasteiger partial charge in [0.25, 0.3) is 0 Å². The first kappa shape index (κ1) is 17.2. The van der Waals surface area contributed by atoms with Gasteiger partial charge in [-0.15, -0.1) is 0 Å². The summed E-state index contributed by atoms with van der Waals surface area (Å²) in [7, 11) is -1.98. The highest BCUT2D eigenvalue weighted by atomic mass is 28.4. The lowest BCUT2D eigenvalue weighted by Gasteiger charge is -2.37. The maximum atomic E-state index is 13.2. The highest BCUT2D eigenvalue weighted by molar-refractivity contribution is 6.74. The van der Waals surface area contributed by atoms with E-state index >= 15 is 0 Å². The van der Waals surface area contributed by atoms with Crippen molar-refractivity contribution in [3.05, 3.63) is 35.1 Å². The first-order valence-corrected chi connectivity index (χ1v) is 9.40. The molecule has 1 rings (SSSR count). The summed E-state index contributed by atoms with van der Waals surface area (Å²) < 4.78 is 45.1. The fraction of sp³-hybridized carbons (Fsp3) is 0.571. The topological polar surface area (TPSA) is 35.2 Å². The van der Waals surface area contributed by atoms with Crippen LogP contribution in [0.25, 0.3) is 0 Å². The lowest BCUT2D eigenvalue weighted by molar-refractivity contribution is 0.264. The van der Waals surface area contributed by atoms with E-state index in [1.807, 2.05) is 0 Å². The van der Waals surface area contributed by atoms with Crippen molar-refractivity contribution in [1.29, 1.82) is 0 Å². The molecule has 1 aromatic carbocycles. The second-order valence-corrected chi connectivity index (χ2v) is 11.3. The quantitative estimate of drug-likeness (QED) is 0.670. The number of benzene rings is 1. The Bertz CT molecular complexity index is 463. The molecule has 2 nitrogen and oxygen atoms in total. The molecule has 1 unspecified atom stereocenters. The first-order chi connectivity index (χ1) is 8.95. The standard InChI is InChI=1S/C14H22F3NOSi/c1-14(2,3)20(4,5)19-8-12(18)9-6-10(15)13(17)11(16)7-9/h6-7,12H,8,18H2,1-5H3. The Balaban J connectivity index is 2.80. The molecule has 114 valence electrons. The van der Waals surface area contributed by atoms with Crippen LogP contribution in [-0.4, -0.2) is 14.9 Å². The monoisotopic (exact) mass is 305 g/mol. The van der Waals surface area contributed by atoms with Gasteiger partial charge in [0, 0.05) is 0 Å². The lowest BCUT2D eigenvalue weighted by Crippen LogP contribution is -2.42. The van der Waals surface area contributed by atoms with Crippen LogP contribution in [0.4, 0.5) is 13.2 Å². The molecular formula is C14H22F3NOSi. The Hall–Kier alpha value is -0.853. The Morgan fingerprint density at radius 1 is 1.15 bits per heavy atom. The van der Waals surface area contributed by atoms with Crippen LogP contribution in [0.2, 0.25) is 18.1 Å².